The van der Waals surface area contributed by atoms with Gasteiger partial charge in [-0.1, -0.05) is 12.1 Å². The minimum Gasteiger partial charge on any atom is -0.497 e. The molecule has 0 fully saturated rings. The number of methoxy groups -OCH3 is 1. The zero-order chi connectivity index (χ0) is 24.0. The number of benzene rings is 3. The number of hydrazone groups is 1. The quantitative estimate of drug-likeness (QED) is 0.270. The highest BCUT2D eigenvalue weighted by Gasteiger charge is 2.22. The zero-order valence-electron chi connectivity index (χ0n) is 17.0. The molecule has 3 rings (SSSR count). The van der Waals surface area contributed by atoms with Crippen LogP contribution in [-0.4, -0.2) is 31.6 Å². The normalized spacial score (nSPS) is 11.2. The molecule has 0 bridgehead atoms. The average Bonchev–Trinajstić information content (AvgIpc) is 2.79. The van der Waals surface area contributed by atoms with Crippen LogP contribution in [0.4, 0.5) is 22.7 Å². The van der Waals surface area contributed by atoms with E-state index in [-0.39, 0.29) is 27.5 Å². The second-order valence-corrected chi connectivity index (χ2v) is 8.14. The number of hydrogen-bond acceptors (Lipinski definition) is 9. The van der Waals surface area contributed by atoms with Gasteiger partial charge in [0.05, 0.1) is 33.6 Å². The molecule has 0 aromatic heterocycles. The predicted octanol–water partition coefficient (Wildman–Crippen LogP) is 3.76. The summed E-state index contributed by atoms with van der Waals surface area (Å²) < 4.78 is 32.7. The molecule has 33 heavy (non-hydrogen) atoms. The Morgan fingerprint density at radius 3 is 2.24 bits per heavy atom. The molecule has 12 nitrogen and oxygen atoms in total. The molecular weight excluding hydrogens is 454 g/mol. The van der Waals surface area contributed by atoms with Crippen molar-refractivity contribution in [1.29, 1.82) is 0 Å². The topological polar surface area (TPSA) is 166 Å². The van der Waals surface area contributed by atoms with Crippen LogP contribution in [0.25, 0.3) is 0 Å². The smallest absolute Gasteiger partial charge is 0.295 e. The monoisotopic (exact) mass is 471 g/mol. The summed E-state index contributed by atoms with van der Waals surface area (Å²) in [7, 11) is -2.65. The number of nitro benzene ring substituents is 2. The maximum Gasteiger partial charge on any atom is 0.295 e. The van der Waals surface area contributed by atoms with Gasteiger partial charge in [0, 0.05) is 17.8 Å². The minimum absolute atomic E-state index is 0.0989. The summed E-state index contributed by atoms with van der Waals surface area (Å²) in [5.74, 6) is 0.533. The van der Waals surface area contributed by atoms with Crippen molar-refractivity contribution in [2.75, 3.05) is 17.3 Å². The van der Waals surface area contributed by atoms with E-state index >= 15 is 0 Å². The van der Waals surface area contributed by atoms with E-state index < -0.39 is 25.6 Å². The summed E-state index contributed by atoms with van der Waals surface area (Å²) in [4.78, 5) is 20.9. The SMILES string of the molecule is COc1ccc(NS(=O)(=O)c2ccc(N/N=C/c3ccccc3[N+](=O)[O-])c([N+](=O)[O-])c2)cc1. The van der Waals surface area contributed by atoms with Crippen LogP contribution in [0.3, 0.4) is 0 Å². The number of nitrogens with one attached hydrogen (secondary N) is 2. The van der Waals surface area contributed by atoms with Crippen molar-refractivity contribution in [1.82, 2.24) is 0 Å². The van der Waals surface area contributed by atoms with Crippen molar-refractivity contribution in [2.45, 2.75) is 4.90 Å². The van der Waals surface area contributed by atoms with Crippen molar-refractivity contribution in [3.8, 4) is 5.75 Å². The molecule has 0 aliphatic carbocycles. The largest absolute Gasteiger partial charge is 0.497 e. The molecule has 0 aliphatic rings. The van der Waals surface area contributed by atoms with E-state index in [1.54, 1.807) is 18.2 Å². The van der Waals surface area contributed by atoms with E-state index in [0.717, 1.165) is 12.3 Å². The molecule has 0 atom stereocenters. The number of anilines is 2. The van der Waals surface area contributed by atoms with Crippen LogP contribution < -0.4 is 14.9 Å². The molecule has 170 valence electrons. The number of rotatable bonds is 9. The molecule has 0 saturated carbocycles. The molecule has 13 heteroatoms. The third-order valence-electron chi connectivity index (χ3n) is 4.34. The van der Waals surface area contributed by atoms with E-state index in [9.17, 15) is 28.6 Å². The first-order valence-electron chi connectivity index (χ1n) is 9.19. The second kappa shape index (κ2) is 9.74. The van der Waals surface area contributed by atoms with Crippen LogP contribution >= 0.6 is 0 Å². The Labute approximate surface area is 187 Å². The van der Waals surface area contributed by atoms with E-state index in [1.807, 2.05) is 0 Å². The lowest BCUT2D eigenvalue weighted by Gasteiger charge is -2.10. The van der Waals surface area contributed by atoms with E-state index in [0.29, 0.717) is 5.75 Å². The van der Waals surface area contributed by atoms with Gasteiger partial charge < -0.3 is 4.74 Å². The first-order valence-corrected chi connectivity index (χ1v) is 10.7. The highest BCUT2D eigenvalue weighted by molar-refractivity contribution is 7.92. The van der Waals surface area contributed by atoms with Crippen LogP contribution in [0.2, 0.25) is 0 Å². The molecule has 0 aliphatic heterocycles. The Kier molecular flexibility index (Phi) is 6.83. The van der Waals surface area contributed by atoms with Gasteiger partial charge in [0.25, 0.3) is 21.4 Å². The lowest BCUT2D eigenvalue weighted by molar-refractivity contribution is -0.385. The van der Waals surface area contributed by atoms with Gasteiger partial charge in [-0.25, -0.2) is 8.42 Å². The Morgan fingerprint density at radius 1 is 0.939 bits per heavy atom. The molecule has 0 spiro atoms. The van der Waals surface area contributed by atoms with Crippen molar-refractivity contribution in [2.24, 2.45) is 5.10 Å². The number of para-hydroxylation sites is 1. The number of sulfonamides is 1. The molecule has 0 unspecified atom stereocenters. The van der Waals surface area contributed by atoms with Crippen LogP contribution in [-0.2, 0) is 10.0 Å². The van der Waals surface area contributed by atoms with Gasteiger partial charge >= 0.3 is 0 Å². The molecule has 0 amide bonds. The van der Waals surface area contributed by atoms with Crippen LogP contribution in [0.5, 0.6) is 5.75 Å². The van der Waals surface area contributed by atoms with Crippen molar-refractivity contribution < 1.29 is 23.0 Å². The third kappa shape index (κ3) is 5.59. The maximum atomic E-state index is 12.7. The second-order valence-electron chi connectivity index (χ2n) is 6.46. The van der Waals surface area contributed by atoms with Crippen LogP contribution in [0.1, 0.15) is 5.56 Å². The van der Waals surface area contributed by atoms with Gasteiger partial charge in [0.2, 0.25) is 0 Å². The lowest BCUT2D eigenvalue weighted by atomic mass is 10.2. The van der Waals surface area contributed by atoms with E-state index in [2.05, 4.69) is 15.2 Å². The number of hydrogen-bond donors (Lipinski definition) is 2. The summed E-state index contributed by atoms with van der Waals surface area (Å²) in [5, 5.41) is 26.4. The summed E-state index contributed by atoms with van der Waals surface area (Å²) in [5.41, 5.74) is 2.01. The van der Waals surface area contributed by atoms with Crippen molar-refractivity contribution in [3.05, 3.63) is 92.5 Å². The molecule has 3 aromatic rings. The highest BCUT2D eigenvalue weighted by atomic mass is 32.2. The van der Waals surface area contributed by atoms with Gasteiger partial charge in [0.1, 0.15) is 11.4 Å². The van der Waals surface area contributed by atoms with Gasteiger partial charge in [-0.3, -0.25) is 30.4 Å². The fourth-order valence-corrected chi connectivity index (χ4v) is 3.81. The first kappa shape index (κ1) is 23.1. The van der Waals surface area contributed by atoms with Gasteiger partial charge in [-0.2, -0.15) is 5.10 Å². The van der Waals surface area contributed by atoms with Crippen molar-refractivity contribution in [3.63, 3.8) is 0 Å². The first-order chi connectivity index (χ1) is 15.7. The van der Waals surface area contributed by atoms with Crippen molar-refractivity contribution >= 4 is 39.0 Å². The lowest BCUT2D eigenvalue weighted by Crippen LogP contribution is -2.13. The fraction of sp³-hybridized carbons (Fsp3) is 0.0500. The molecule has 0 heterocycles. The summed E-state index contributed by atoms with van der Waals surface area (Å²) >= 11 is 0. The summed E-state index contributed by atoms with van der Waals surface area (Å²) in [6.45, 7) is 0. The number of nitrogens with zero attached hydrogens (tertiary/aromatic N) is 3. The minimum atomic E-state index is -4.12. The Hall–Kier alpha value is -4.52. The van der Waals surface area contributed by atoms with Crippen LogP contribution in [0, 0.1) is 20.2 Å². The third-order valence-corrected chi connectivity index (χ3v) is 5.72. The molecule has 0 saturated heterocycles. The number of ether oxygens (including phenoxy) is 1. The van der Waals surface area contributed by atoms with Gasteiger partial charge in [-0.05, 0) is 42.5 Å². The van der Waals surface area contributed by atoms with E-state index in [1.165, 1.54) is 49.6 Å². The van der Waals surface area contributed by atoms with Crippen LogP contribution in [0.15, 0.2) is 76.7 Å². The Bertz CT molecular complexity index is 1320. The zero-order valence-corrected chi connectivity index (χ0v) is 17.9. The molecular formula is C20H17N5O7S. The summed E-state index contributed by atoms with van der Waals surface area (Å²) in [6.07, 6.45) is 1.14. The molecule has 2 N–H and O–H groups in total. The van der Waals surface area contributed by atoms with E-state index in [4.69, 9.17) is 4.74 Å². The fourth-order valence-electron chi connectivity index (χ4n) is 2.73. The summed E-state index contributed by atoms with van der Waals surface area (Å²) in [6, 6.07) is 15.1. The highest BCUT2D eigenvalue weighted by Crippen LogP contribution is 2.29. The maximum absolute atomic E-state index is 12.7. The van der Waals surface area contributed by atoms with Gasteiger partial charge in [-0.15, -0.1) is 0 Å². The molecule has 3 aromatic carbocycles. The Balaban J connectivity index is 1.84. The molecule has 0 radical (unpaired) electrons. The number of nitro groups is 2. The van der Waals surface area contributed by atoms with Gasteiger partial charge in [0.15, 0.2) is 0 Å². The average molecular weight is 471 g/mol. The Morgan fingerprint density at radius 2 is 1.61 bits per heavy atom. The predicted molar refractivity (Wildman–Crippen MR) is 121 cm³/mol. The standard InChI is InChI=1S/C20H17N5O7S/c1-32-16-8-6-15(7-9-16)23-33(30,31)17-10-11-18(20(12-17)25(28)29)22-21-13-14-4-2-3-5-19(14)24(26)27/h2-13,22-23H,1H3/b21-13+.